The highest BCUT2D eigenvalue weighted by Gasteiger charge is 2.18. The van der Waals surface area contributed by atoms with E-state index in [1.165, 1.54) is 6.07 Å². The van der Waals surface area contributed by atoms with E-state index in [4.69, 9.17) is 5.73 Å². The predicted molar refractivity (Wildman–Crippen MR) is 107 cm³/mol. The van der Waals surface area contributed by atoms with Gasteiger partial charge in [-0.2, -0.15) is 0 Å². The first-order valence-corrected chi connectivity index (χ1v) is 11.4. The van der Waals surface area contributed by atoms with Crippen LogP contribution in [0.3, 0.4) is 0 Å². The molecule has 0 unspecified atom stereocenters. The number of benzene rings is 3. The molecule has 7 nitrogen and oxygen atoms in total. The van der Waals surface area contributed by atoms with Crippen molar-refractivity contribution < 1.29 is 16.8 Å². The van der Waals surface area contributed by atoms with E-state index in [2.05, 4.69) is 9.44 Å². The molecule has 3 rings (SSSR count). The van der Waals surface area contributed by atoms with Crippen LogP contribution in [0.1, 0.15) is 5.56 Å². The number of nitrogens with one attached hydrogen (secondary N) is 2. The van der Waals surface area contributed by atoms with Crippen LogP contribution in [-0.4, -0.2) is 23.1 Å². The van der Waals surface area contributed by atoms with Crippen LogP contribution in [0.2, 0.25) is 0 Å². The van der Waals surface area contributed by atoms with Crippen molar-refractivity contribution in [1.29, 1.82) is 0 Å². The van der Waals surface area contributed by atoms with Crippen molar-refractivity contribution in [3.63, 3.8) is 0 Å². The molecule has 3 aromatic carbocycles. The number of nitrogen functional groups attached to an aromatic ring is 1. The van der Waals surface area contributed by atoms with Crippen molar-refractivity contribution in [2.24, 2.45) is 0 Å². The van der Waals surface area contributed by atoms with Crippen molar-refractivity contribution in [3.8, 4) is 0 Å². The van der Waals surface area contributed by atoms with Gasteiger partial charge in [0.15, 0.2) is 0 Å². The Bertz CT molecular complexity index is 1210. The molecule has 0 atom stereocenters. The van der Waals surface area contributed by atoms with E-state index >= 15 is 0 Å². The Morgan fingerprint density at radius 2 is 1.52 bits per heavy atom. The van der Waals surface area contributed by atoms with Gasteiger partial charge in [-0.15, -0.1) is 0 Å². The quantitative estimate of drug-likeness (QED) is 0.544. The van der Waals surface area contributed by atoms with E-state index < -0.39 is 20.0 Å². The van der Waals surface area contributed by atoms with Gasteiger partial charge in [-0.3, -0.25) is 4.72 Å². The molecule has 142 valence electrons. The second-order valence-corrected chi connectivity index (χ2v) is 9.54. The second-order valence-electron chi connectivity index (χ2n) is 6.05. The summed E-state index contributed by atoms with van der Waals surface area (Å²) < 4.78 is 53.6. The maximum atomic E-state index is 12.8. The van der Waals surface area contributed by atoms with E-state index in [0.717, 1.165) is 6.26 Å². The third-order valence-corrected chi connectivity index (χ3v) is 6.02. The third-order valence-electron chi connectivity index (χ3n) is 3.97. The minimum Gasteiger partial charge on any atom is -0.398 e. The van der Waals surface area contributed by atoms with Crippen LogP contribution in [0.4, 0.5) is 11.4 Å². The van der Waals surface area contributed by atoms with E-state index in [1.807, 2.05) is 0 Å². The smallest absolute Gasteiger partial charge is 0.241 e. The average Bonchev–Trinajstić information content (AvgIpc) is 2.60. The van der Waals surface area contributed by atoms with Crippen molar-refractivity contribution in [2.75, 3.05) is 16.7 Å². The zero-order chi connectivity index (χ0) is 19.7. The van der Waals surface area contributed by atoms with Crippen molar-refractivity contribution in [2.45, 2.75) is 11.4 Å². The molecule has 0 aliphatic heterocycles. The molecule has 3 aromatic rings. The maximum absolute atomic E-state index is 12.8. The Morgan fingerprint density at radius 3 is 2.26 bits per heavy atom. The number of para-hydroxylation sites is 1. The van der Waals surface area contributed by atoms with Gasteiger partial charge in [0.2, 0.25) is 20.0 Å². The van der Waals surface area contributed by atoms with Gasteiger partial charge in [0, 0.05) is 23.0 Å². The summed E-state index contributed by atoms with van der Waals surface area (Å²) in [4.78, 5) is 0.112. The summed E-state index contributed by atoms with van der Waals surface area (Å²) in [7, 11) is -7.33. The Morgan fingerprint density at radius 1 is 0.852 bits per heavy atom. The van der Waals surface area contributed by atoms with Crippen LogP contribution in [0.15, 0.2) is 65.6 Å². The molecule has 0 saturated carbocycles. The third kappa shape index (κ3) is 4.38. The fraction of sp³-hybridized carbons (Fsp3) is 0.111. The molecular weight excluding hydrogens is 386 g/mol. The zero-order valence-electron chi connectivity index (χ0n) is 14.5. The van der Waals surface area contributed by atoms with Crippen molar-refractivity contribution in [3.05, 3.63) is 66.2 Å². The highest BCUT2D eigenvalue weighted by molar-refractivity contribution is 7.92. The lowest BCUT2D eigenvalue weighted by atomic mass is 10.1. The summed E-state index contributed by atoms with van der Waals surface area (Å²) in [5.74, 6) is 0. The van der Waals surface area contributed by atoms with E-state index in [9.17, 15) is 16.8 Å². The summed E-state index contributed by atoms with van der Waals surface area (Å²) in [5.41, 5.74) is 7.25. The molecule has 0 aliphatic rings. The van der Waals surface area contributed by atoms with Crippen LogP contribution in [0, 0.1) is 0 Å². The van der Waals surface area contributed by atoms with Gasteiger partial charge in [0.05, 0.1) is 16.8 Å². The summed E-state index contributed by atoms with van der Waals surface area (Å²) in [5, 5.41) is 1.17. The van der Waals surface area contributed by atoms with Crippen LogP contribution >= 0.6 is 0 Å². The molecule has 0 bridgehead atoms. The molecule has 9 heteroatoms. The number of rotatable bonds is 6. The number of fused-ring (bicyclic) bond motifs is 1. The highest BCUT2D eigenvalue weighted by Crippen LogP contribution is 2.27. The first-order valence-electron chi connectivity index (χ1n) is 8.00. The van der Waals surface area contributed by atoms with Gasteiger partial charge in [-0.25, -0.2) is 21.6 Å². The molecule has 0 fully saturated rings. The Balaban J connectivity index is 1.93. The Kier molecular flexibility index (Phi) is 5.09. The number of nitrogens with two attached hydrogens (primary N) is 1. The van der Waals surface area contributed by atoms with E-state index in [0.29, 0.717) is 27.7 Å². The monoisotopic (exact) mass is 405 g/mol. The van der Waals surface area contributed by atoms with Gasteiger partial charge in [0.25, 0.3) is 0 Å². The second kappa shape index (κ2) is 7.18. The molecular formula is C18H19N3O4S2. The number of sulfonamides is 2. The lowest BCUT2D eigenvalue weighted by molar-refractivity contribution is 0.582. The minimum absolute atomic E-state index is 0.0697. The lowest BCUT2D eigenvalue weighted by Crippen LogP contribution is -2.24. The molecule has 0 radical (unpaired) electrons. The van der Waals surface area contributed by atoms with E-state index in [1.54, 1.807) is 54.6 Å². The SMILES string of the molecule is CS(=O)(=O)Nc1ccccc1CNS(=O)(=O)c1cccc2c(N)cccc12. The number of hydrogen-bond donors (Lipinski definition) is 3. The van der Waals surface area contributed by atoms with Crippen LogP contribution < -0.4 is 15.2 Å². The van der Waals surface area contributed by atoms with Gasteiger partial charge < -0.3 is 5.73 Å². The Labute approximate surface area is 158 Å². The number of hydrogen-bond acceptors (Lipinski definition) is 5. The summed E-state index contributed by atoms with van der Waals surface area (Å²) in [6, 6.07) is 16.6. The molecule has 4 N–H and O–H groups in total. The molecule has 0 heterocycles. The fourth-order valence-corrected chi connectivity index (χ4v) is 4.59. The molecule has 0 saturated heterocycles. The molecule has 0 amide bonds. The van der Waals surface area contributed by atoms with Crippen LogP contribution in [0.25, 0.3) is 10.8 Å². The molecule has 27 heavy (non-hydrogen) atoms. The standard InChI is InChI=1S/C18H19N3O4S2/c1-26(22,23)21-17-10-3-2-6-13(17)12-20-27(24,25)18-11-5-7-14-15(18)8-4-9-16(14)19/h2-11,20-21H,12,19H2,1H3. The molecule has 0 aliphatic carbocycles. The van der Waals surface area contributed by atoms with Gasteiger partial charge in [-0.1, -0.05) is 42.5 Å². The van der Waals surface area contributed by atoms with Crippen LogP contribution in [0.5, 0.6) is 0 Å². The van der Waals surface area contributed by atoms with Gasteiger partial charge >= 0.3 is 0 Å². The maximum Gasteiger partial charge on any atom is 0.241 e. The van der Waals surface area contributed by atoms with Gasteiger partial charge in [-0.05, 0) is 23.8 Å². The number of anilines is 2. The van der Waals surface area contributed by atoms with Crippen molar-refractivity contribution in [1.82, 2.24) is 4.72 Å². The van der Waals surface area contributed by atoms with Crippen LogP contribution in [-0.2, 0) is 26.6 Å². The van der Waals surface area contributed by atoms with Gasteiger partial charge in [0.1, 0.15) is 0 Å². The normalized spacial score (nSPS) is 12.2. The summed E-state index contributed by atoms with van der Waals surface area (Å²) >= 11 is 0. The summed E-state index contributed by atoms with van der Waals surface area (Å²) in [6.07, 6.45) is 1.04. The first kappa shape index (κ1) is 19.2. The van der Waals surface area contributed by atoms with Crippen molar-refractivity contribution >= 4 is 42.2 Å². The topological polar surface area (TPSA) is 118 Å². The minimum atomic E-state index is -3.85. The van der Waals surface area contributed by atoms with E-state index in [-0.39, 0.29) is 11.4 Å². The summed E-state index contributed by atoms with van der Waals surface area (Å²) in [6.45, 7) is -0.0697. The highest BCUT2D eigenvalue weighted by atomic mass is 32.2. The molecule has 0 aromatic heterocycles. The Hall–Kier alpha value is -2.62. The predicted octanol–water partition coefficient (Wildman–Crippen LogP) is 2.27. The lowest BCUT2D eigenvalue weighted by Gasteiger charge is -2.13. The average molecular weight is 406 g/mol. The molecule has 0 spiro atoms. The zero-order valence-corrected chi connectivity index (χ0v) is 16.1. The first-order chi connectivity index (χ1) is 12.7. The largest absolute Gasteiger partial charge is 0.398 e. The fourth-order valence-electron chi connectivity index (χ4n) is 2.76.